The topological polar surface area (TPSA) is 109 Å². The molecule has 1 atom stereocenters. The van der Waals surface area contributed by atoms with Crippen molar-refractivity contribution in [2.45, 2.75) is 19.8 Å². The van der Waals surface area contributed by atoms with Crippen LogP contribution in [0, 0.1) is 5.92 Å². The summed E-state index contributed by atoms with van der Waals surface area (Å²) in [6, 6.07) is 7.70. The minimum atomic E-state index is -1.17. The average Bonchev–Trinajstić information content (AvgIpc) is 2.74. The molecule has 3 rings (SSSR count). The van der Waals surface area contributed by atoms with Crippen LogP contribution < -0.4 is 10.2 Å². The second kappa shape index (κ2) is 9.58. The van der Waals surface area contributed by atoms with E-state index in [4.69, 9.17) is 16.3 Å². The fraction of sp³-hybridized carbons (Fsp3) is 0.333. The summed E-state index contributed by atoms with van der Waals surface area (Å²) in [4.78, 5) is 42.4. The molecule has 30 heavy (non-hydrogen) atoms. The molecule has 1 fully saturated rings. The molecule has 1 amide bonds. The minimum Gasteiger partial charge on any atom is -0.478 e. The number of hydrogen-bond acceptors (Lipinski definition) is 6. The van der Waals surface area contributed by atoms with Crippen molar-refractivity contribution in [2.75, 3.05) is 29.9 Å². The predicted octanol–water partition coefficient (Wildman–Crippen LogP) is 3.47. The highest BCUT2D eigenvalue weighted by molar-refractivity contribution is 6.30. The normalized spacial score (nSPS) is 16.1. The van der Waals surface area contributed by atoms with Gasteiger partial charge in [-0.2, -0.15) is 0 Å². The molecular weight excluding hydrogens is 410 g/mol. The van der Waals surface area contributed by atoms with Gasteiger partial charge in [0.15, 0.2) is 0 Å². The van der Waals surface area contributed by atoms with Gasteiger partial charge in [-0.05, 0) is 50.1 Å². The second-order valence-electron chi connectivity index (χ2n) is 6.90. The standard InChI is InChI=1S/C21H22ClN3O5/c1-2-30-21(29)14-4-3-9-25(12-14)18-17(20(27)28)10-16(11-23-18)24-19(26)13-5-7-15(22)8-6-13/h5-8,10-11,14H,2-4,9,12H2,1H3,(H,24,26)(H,27,28)/t14-/m0/s1. The summed E-state index contributed by atoms with van der Waals surface area (Å²) >= 11 is 5.83. The van der Waals surface area contributed by atoms with Crippen LogP contribution >= 0.6 is 11.6 Å². The second-order valence-corrected chi connectivity index (χ2v) is 7.33. The van der Waals surface area contributed by atoms with Gasteiger partial charge in [0.25, 0.3) is 5.91 Å². The Hall–Kier alpha value is -3.13. The van der Waals surface area contributed by atoms with Crippen molar-refractivity contribution in [3.8, 4) is 0 Å². The van der Waals surface area contributed by atoms with E-state index in [-0.39, 0.29) is 29.0 Å². The number of amides is 1. The number of piperidine rings is 1. The molecule has 0 radical (unpaired) electrons. The summed E-state index contributed by atoms with van der Waals surface area (Å²) in [5.74, 6) is -1.92. The fourth-order valence-corrected chi connectivity index (χ4v) is 3.49. The molecule has 1 saturated heterocycles. The number of carboxylic acid groups (broad SMARTS) is 1. The number of nitrogens with one attached hydrogen (secondary N) is 1. The maximum atomic E-state index is 12.4. The van der Waals surface area contributed by atoms with Gasteiger partial charge in [-0.25, -0.2) is 9.78 Å². The maximum absolute atomic E-state index is 12.4. The van der Waals surface area contributed by atoms with Crippen molar-refractivity contribution in [3.05, 3.63) is 52.7 Å². The predicted molar refractivity (Wildman–Crippen MR) is 112 cm³/mol. The molecular formula is C21H22ClN3O5. The highest BCUT2D eigenvalue weighted by Crippen LogP contribution is 2.27. The smallest absolute Gasteiger partial charge is 0.339 e. The summed E-state index contributed by atoms with van der Waals surface area (Å²) in [6.45, 7) is 2.97. The summed E-state index contributed by atoms with van der Waals surface area (Å²) in [5, 5.41) is 12.8. The Labute approximate surface area is 178 Å². The molecule has 2 N–H and O–H groups in total. The molecule has 2 heterocycles. The lowest BCUT2D eigenvalue weighted by atomic mass is 9.98. The van der Waals surface area contributed by atoms with Crippen molar-refractivity contribution in [2.24, 2.45) is 5.92 Å². The van der Waals surface area contributed by atoms with Gasteiger partial charge in [0.05, 0.1) is 24.4 Å². The van der Waals surface area contributed by atoms with E-state index in [0.717, 1.165) is 6.42 Å². The molecule has 1 aromatic heterocycles. The molecule has 0 spiro atoms. The van der Waals surface area contributed by atoms with Crippen molar-refractivity contribution >= 4 is 41.0 Å². The summed E-state index contributed by atoms with van der Waals surface area (Å²) in [6.07, 6.45) is 2.82. The Bertz CT molecular complexity index is 948. The first kappa shape index (κ1) is 21.6. The Morgan fingerprint density at radius 1 is 1.30 bits per heavy atom. The van der Waals surface area contributed by atoms with E-state index < -0.39 is 11.9 Å². The Morgan fingerprint density at radius 2 is 2.03 bits per heavy atom. The van der Waals surface area contributed by atoms with E-state index >= 15 is 0 Å². The van der Waals surface area contributed by atoms with Crippen molar-refractivity contribution in [1.82, 2.24) is 4.98 Å². The van der Waals surface area contributed by atoms with Crippen molar-refractivity contribution in [3.63, 3.8) is 0 Å². The number of hydrogen-bond donors (Lipinski definition) is 2. The van der Waals surface area contributed by atoms with E-state index in [9.17, 15) is 19.5 Å². The Morgan fingerprint density at radius 3 is 2.70 bits per heavy atom. The number of carboxylic acids is 1. The van der Waals surface area contributed by atoms with Gasteiger partial charge < -0.3 is 20.1 Å². The molecule has 8 nitrogen and oxygen atoms in total. The maximum Gasteiger partial charge on any atom is 0.339 e. The first-order valence-corrected chi connectivity index (χ1v) is 9.98. The third-order valence-electron chi connectivity index (χ3n) is 4.80. The van der Waals surface area contributed by atoms with E-state index in [1.165, 1.54) is 12.3 Å². The summed E-state index contributed by atoms with van der Waals surface area (Å²) in [7, 11) is 0. The number of halogens is 1. The SMILES string of the molecule is CCOC(=O)[C@H]1CCCN(c2ncc(NC(=O)c3ccc(Cl)cc3)cc2C(=O)O)C1. The quantitative estimate of drug-likeness (QED) is 0.674. The zero-order valence-corrected chi connectivity index (χ0v) is 17.2. The highest BCUT2D eigenvalue weighted by atomic mass is 35.5. The van der Waals surface area contributed by atoms with Crippen LogP contribution in [-0.4, -0.2) is 47.6 Å². The fourth-order valence-electron chi connectivity index (χ4n) is 3.36. The Kier molecular flexibility index (Phi) is 6.89. The van der Waals surface area contributed by atoms with Crippen LogP contribution in [0.3, 0.4) is 0 Å². The molecule has 0 unspecified atom stereocenters. The number of aromatic carboxylic acids is 1. The Balaban J connectivity index is 1.79. The zero-order chi connectivity index (χ0) is 21.7. The van der Waals surface area contributed by atoms with Gasteiger partial charge in [0.2, 0.25) is 0 Å². The number of anilines is 2. The molecule has 0 aliphatic carbocycles. The summed E-state index contributed by atoms with van der Waals surface area (Å²) < 4.78 is 5.10. The lowest BCUT2D eigenvalue weighted by Gasteiger charge is -2.33. The number of carbonyl (C=O) groups excluding carboxylic acids is 2. The molecule has 1 aliphatic heterocycles. The molecule has 0 bridgehead atoms. The van der Waals surface area contributed by atoms with E-state index in [2.05, 4.69) is 10.3 Å². The number of rotatable bonds is 6. The van der Waals surface area contributed by atoms with E-state index in [1.54, 1.807) is 36.1 Å². The largest absolute Gasteiger partial charge is 0.478 e. The van der Waals surface area contributed by atoms with Gasteiger partial charge in [-0.1, -0.05) is 11.6 Å². The third-order valence-corrected chi connectivity index (χ3v) is 5.05. The monoisotopic (exact) mass is 431 g/mol. The summed E-state index contributed by atoms with van der Waals surface area (Å²) in [5.41, 5.74) is 0.595. The number of ether oxygens (including phenoxy) is 1. The van der Waals surface area contributed by atoms with Crippen molar-refractivity contribution < 1.29 is 24.2 Å². The van der Waals surface area contributed by atoms with Gasteiger partial charge in [0.1, 0.15) is 11.4 Å². The third kappa shape index (κ3) is 5.07. The van der Waals surface area contributed by atoms with Crippen LogP contribution in [0.4, 0.5) is 11.5 Å². The van der Waals surface area contributed by atoms with Crippen LogP contribution in [0.2, 0.25) is 5.02 Å². The highest BCUT2D eigenvalue weighted by Gasteiger charge is 2.29. The number of esters is 1. The van der Waals surface area contributed by atoms with Crippen LogP contribution in [0.25, 0.3) is 0 Å². The lowest BCUT2D eigenvalue weighted by molar-refractivity contribution is -0.148. The van der Waals surface area contributed by atoms with Crippen LogP contribution in [0.1, 0.15) is 40.5 Å². The number of pyridine rings is 1. The van der Waals surface area contributed by atoms with E-state index in [0.29, 0.717) is 36.7 Å². The number of benzene rings is 1. The van der Waals surface area contributed by atoms with Crippen LogP contribution in [0.15, 0.2) is 36.5 Å². The molecule has 9 heteroatoms. The van der Waals surface area contributed by atoms with Gasteiger partial charge in [0, 0.05) is 23.7 Å². The van der Waals surface area contributed by atoms with Crippen LogP contribution in [0.5, 0.6) is 0 Å². The first-order valence-electron chi connectivity index (χ1n) is 9.61. The molecule has 158 valence electrons. The first-order chi connectivity index (χ1) is 14.4. The average molecular weight is 432 g/mol. The zero-order valence-electron chi connectivity index (χ0n) is 16.4. The van der Waals surface area contributed by atoms with E-state index in [1.807, 2.05) is 0 Å². The van der Waals surface area contributed by atoms with Gasteiger partial charge in [-0.3, -0.25) is 9.59 Å². The molecule has 1 aliphatic rings. The number of nitrogens with zero attached hydrogens (tertiary/aromatic N) is 2. The number of aromatic nitrogens is 1. The molecule has 2 aromatic rings. The van der Waals surface area contributed by atoms with Gasteiger partial charge >= 0.3 is 11.9 Å². The molecule has 0 saturated carbocycles. The van der Waals surface area contributed by atoms with Crippen molar-refractivity contribution in [1.29, 1.82) is 0 Å². The lowest BCUT2D eigenvalue weighted by Crippen LogP contribution is -2.40. The molecule has 1 aromatic carbocycles. The van der Waals surface area contributed by atoms with Gasteiger partial charge in [-0.15, -0.1) is 0 Å². The number of carbonyl (C=O) groups is 3. The van der Waals surface area contributed by atoms with Crippen LogP contribution in [-0.2, 0) is 9.53 Å². The minimum absolute atomic E-state index is 0.0478.